The molecule has 3 heterocycles. The zero-order valence-corrected chi connectivity index (χ0v) is 18.6. The van der Waals surface area contributed by atoms with Crippen molar-refractivity contribution in [3.63, 3.8) is 0 Å². The number of fused-ring (bicyclic) bond motifs is 2. The van der Waals surface area contributed by atoms with Gasteiger partial charge in [-0.25, -0.2) is 4.98 Å². The first-order chi connectivity index (χ1) is 16.1. The number of rotatable bonds is 6. The molecule has 164 valence electrons. The molecular formula is C25H20ClN5O2. The molecule has 0 unspecified atom stereocenters. The van der Waals surface area contributed by atoms with E-state index in [1.807, 2.05) is 42.5 Å². The van der Waals surface area contributed by atoms with Gasteiger partial charge in [0.15, 0.2) is 0 Å². The highest BCUT2D eigenvalue weighted by Crippen LogP contribution is 2.24. The number of hydrogen-bond donors (Lipinski definition) is 2. The van der Waals surface area contributed by atoms with Crippen LogP contribution in [0.4, 0.5) is 0 Å². The summed E-state index contributed by atoms with van der Waals surface area (Å²) in [5.74, 6) is -0.177. The molecule has 0 aliphatic carbocycles. The van der Waals surface area contributed by atoms with E-state index in [4.69, 9.17) is 16.3 Å². The highest BCUT2D eigenvalue weighted by molar-refractivity contribution is 6.35. The summed E-state index contributed by atoms with van der Waals surface area (Å²) in [6, 6.07) is 14.1. The fourth-order valence-corrected chi connectivity index (χ4v) is 3.96. The van der Waals surface area contributed by atoms with E-state index in [0.717, 1.165) is 38.5 Å². The Labute approximate surface area is 194 Å². The van der Waals surface area contributed by atoms with Crippen LogP contribution >= 0.6 is 11.6 Å². The van der Waals surface area contributed by atoms with Crippen molar-refractivity contribution in [2.75, 3.05) is 7.11 Å². The molecule has 0 aliphatic rings. The Kier molecular flexibility index (Phi) is 5.62. The maximum Gasteiger partial charge on any atom is 0.316 e. The lowest BCUT2D eigenvalue weighted by Gasteiger charge is -2.08. The van der Waals surface area contributed by atoms with Gasteiger partial charge in [0.2, 0.25) is 0 Å². The Morgan fingerprint density at radius 2 is 1.94 bits per heavy atom. The summed E-state index contributed by atoms with van der Waals surface area (Å²) in [5, 5.41) is 5.48. The van der Waals surface area contributed by atoms with Gasteiger partial charge in [-0.3, -0.25) is 9.78 Å². The molecule has 0 aliphatic heterocycles. The molecule has 2 N–H and O–H groups in total. The topological polar surface area (TPSA) is 92.8 Å². The molecule has 3 aromatic heterocycles. The van der Waals surface area contributed by atoms with Crippen LogP contribution < -0.4 is 10.1 Å². The lowest BCUT2D eigenvalue weighted by Crippen LogP contribution is -2.23. The molecule has 33 heavy (non-hydrogen) atoms. The fraction of sp³-hybridized carbons (Fsp3) is 0.120. The summed E-state index contributed by atoms with van der Waals surface area (Å²) in [7, 11) is 1.54. The predicted octanol–water partition coefficient (Wildman–Crippen LogP) is 4.69. The number of nitrogens with zero attached hydrogens (tertiary/aromatic N) is 3. The number of aromatic nitrogens is 4. The van der Waals surface area contributed by atoms with E-state index in [0.29, 0.717) is 29.6 Å². The smallest absolute Gasteiger partial charge is 0.316 e. The van der Waals surface area contributed by atoms with Gasteiger partial charge >= 0.3 is 6.01 Å². The van der Waals surface area contributed by atoms with E-state index in [2.05, 4.69) is 25.3 Å². The van der Waals surface area contributed by atoms with E-state index in [9.17, 15) is 4.79 Å². The van der Waals surface area contributed by atoms with Gasteiger partial charge < -0.3 is 15.0 Å². The number of nitrogens with one attached hydrogen (secondary N) is 2. The van der Waals surface area contributed by atoms with Crippen LogP contribution in [0.3, 0.4) is 0 Å². The number of ether oxygens (including phenoxy) is 1. The van der Waals surface area contributed by atoms with Crippen LogP contribution in [0.25, 0.3) is 21.8 Å². The van der Waals surface area contributed by atoms with Crippen molar-refractivity contribution >= 4 is 39.3 Å². The molecule has 0 fully saturated rings. The monoisotopic (exact) mass is 457 g/mol. The second-order valence-electron chi connectivity index (χ2n) is 7.71. The first-order valence-corrected chi connectivity index (χ1v) is 10.7. The Morgan fingerprint density at radius 1 is 1.06 bits per heavy atom. The van der Waals surface area contributed by atoms with Crippen molar-refractivity contribution in [1.82, 2.24) is 25.3 Å². The molecule has 8 heteroatoms. The molecule has 2 aromatic carbocycles. The lowest BCUT2D eigenvalue weighted by molar-refractivity contribution is 0.0950. The van der Waals surface area contributed by atoms with Crippen molar-refractivity contribution in [1.29, 1.82) is 0 Å². The summed E-state index contributed by atoms with van der Waals surface area (Å²) in [4.78, 5) is 28.6. The zero-order chi connectivity index (χ0) is 22.8. The molecular weight excluding hydrogens is 438 g/mol. The molecule has 0 saturated carbocycles. The normalized spacial score (nSPS) is 11.1. The molecule has 7 nitrogen and oxygen atoms in total. The zero-order valence-electron chi connectivity index (χ0n) is 17.8. The van der Waals surface area contributed by atoms with Gasteiger partial charge in [-0.1, -0.05) is 23.7 Å². The third-order valence-electron chi connectivity index (χ3n) is 5.42. The van der Waals surface area contributed by atoms with Crippen molar-refractivity contribution in [3.05, 3.63) is 94.5 Å². The van der Waals surface area contributed by atoms with Crippen molar-refractivity contribution < 1.29 is 9.53 Å². The molecule has 0 bridgehead atoms. The van der Waals surface area contributed by atoms with Gasteiger partial charge in [0.05, 0.1) is 23.2 Å². The SMILES string of the molecule is COc1ncc2cc(Cc3cncc(C(=O)NCc4ccc5[nH]cc(Cl)c5c4)c3)ccc2n1. The van der Waals surface area contributed by atoms with E-state index in [1.165, 1.54) is 0 Å². The number of hydrogen-bond acceptors (Lipinski definition) is 5. The highest BCUT2D eigenvalue weighted by atomic mass is 35.5. The summed E-state index contributed by atoms with van der Waals surface area (Å²) in [6.07, 6.45) is 7.48. The Bertz CT molecular complexity index is 1480. The number of methoxy groups -OCH3 is 1. The minimum absolute atomic E-state index is 0.177. The molecule has 5 aromatic rings. The summed E-state index contributed by atoms with van der Waals surface area (Å²) >= 11 is 6.19. The maximum atomic E-state index is 12.7. The lowest BCUT2D eigenvalue weighted by atomic mass is 10.0. The van der Waals surface area contributed by atoms with Crippen LogP contribution in [0, 0.1) is 0 Å². The van der Waals surface area contributed by atoms with Gasteiger partial charge in [0, 0.05) is 47.6 Å². The Morgan fingerprint density at radius 3 is 2.82 bits per heavy atom. The summed E-state index contributed by atoms with van der Waals surface area (Å²) in [5.41, 5.74) is 5.28. The number of halogens is 1. The second-order valence-corrected chi connectivity index (χ2v) is 8.11. The number of benzene rings is 2. The van der Waals surface area contributed by atoms with E-state index < -0.39 is 0 Å². The van der Waals surface area contributed by atoms with E-state index in [1.54, 1.807) is 31.9 Å². The molecule has 0 atom stereocenters. The van der Waals surface area contributed by atoms with Crippen molar-refractivity contribution in [2.45, 2.75) is 13.0 Å². The number of H-pyrrole nitrogens is 1. The number of amides is 1. The molecule has 0 spiro atoms. The third kappa shape index (κ3) is 4.49. The maximum absolute atomic E-state index is 12.7. The minimum Gasteiger partial charge on any atom is -0.467 e. The second kappa shape index (κ2) is 8.88. The quantitative estimate of drug-likeness (QED) is 0.386. The van der Waals surface area contributed by atoms with Gasteiger partial charge in [-0.05, 0) is 53.4 Å². The fourth-order valence-electron chi connectivity index (χ4n) is 3.75. The minimum atomic E-state index is -0.177. The number of pyridine rings is 1. The van der Waals surface area contributed by atoms with Crippen LogP contribution in [-0.2, 0) is 13.0 Å². The number of aromatic amines is 1. The molecule has 0 saturated heterocycles. The Hall–Kier alpha value is -3.97. The average Bonchev–Trinajstić information content (AvgIpc) is 3.22. The van der Waals surface area contributed by atoms with Crippen molar-refractivity contribution in [3.8, 4) is 6.01 Å². The molecule has 5 rings (SSSR count). The third-order valence-corrected chi connectivity index (χ3v) is 5.73. The van der Waals surface area contributed by atoms with E-state index >= 15 is 0 Å². The molecule has 1 amide bonds. The summed E-state index contributed by atoms with van der Waals surface area (Å²) in [6.45, 7) is 0.397. The van der Waals surface area contributed by atoms with Crippen LogP contribution in [0.1, 0.15) is 27.0 Å². The van der Waals surface area contributed by atoms with Crippen LogP contribution in [-0.4, -0.2) is 33.0 Å². The number of carbonyl (C=O) groups is 1. The van der Waals surface area contributed by atoms with Crippen LogP contribution in [0.15, 0.2) is 67.3 Å². The van der Waals surface area contributed by atoms with Crippen LogP contribution in [0.5, 0.6) is 6.01 Å². The van der Waals surface area contributed by atoms with Gasteiger partial charge in [-0.2, -0.15) is 4.98 Å². The first-order valence-electron chi connectivity index (χ1n) is 10.4. The Balaban J connectivity index is 1.28. The highest BCUT2D eigenvalue weighted by Gasteiger charge is 2.09. The first kappa shape index (κ1) is 20.9. The predicted molar refractivity (Wildman–Crippen MR) is 128 cm³/mol. The summed E-state index contributed by atoms with van der Waals surface area (Å²) < 4.78 is 5.08. The number of carbonyl (C=O) groups excluding carboxylic acids is 1. The average molecular weight is 458 g/mol. The molecule has 0 radical (unpaired) electrons. The van der Waals surface area contributed by atoms with Gasteiger partial charge in [0.25, 0.3) is 5.91 Å². The van der Waals surface area contributed by atoms with Crippen molar-refractivity contribution in [2.24, 2.45) is 0 Å². The standard InChI is InChI=1S/C25H20ClN5O2/c1-33-25-30-13-18-7-15(2-4-22(18)31-25)6-17-8-19(12-27-10-17)24(32)29-11-16-3-5-23-20(9-16)21(26)14-28-23/h2-5,7-10,12-14,28H,6,11H2,1H3,(H,29,32). The van der Waals surface area contributed by atoms with Crippen LogP contribution in [0.2, 0.25) is 5.02 Å². The van der Waals surface area contributed by atoms with Gasteiger partial charge in [-0.15, -0.1) is 0 Å². The van der Waals surface area contributed by atoms with Gasteiger partial charge in [0.1, 0.15) is 0 Å². The largest absolute Gasteiger partial charge is 0.467 e. The van der Waals surface area contributed by atoms with E-state index in [-0.39, 0.29) is 5.91 Å².